The number of nitrogens with zero attached hydrogens (tertiary/aromatic N) is 5. The molecule has 4 rings (SSSR count). The van der Waals surface area contributed by atoms with Gasteiger partial charge >= 0.3 is 0 Å². The molecule has 0 saturated carbocycles. The minimum atomic E-state index is -0.595. The third-order valence-corrected chi connectivity index (χ3v) is 6.17. The van der Waals surface area contributed by atoms with Crippen molar-refractivity contribution in [1.29, 1.82) is 0 Å². The Hall–Kier alpha value is -4.41. The van der Waals surface area contributed by atoms with E-state index in [0.717, 1.165) is 18.1 Å². The molecule has 1 aliphatic heterocycles. The predicted octanol–water partition coefficient (Wildman–Crippen LogP) is 3.70. The van der Waals surface area contributed by atoms with Gasteiger partial charge in [-0.05, 0) is 38.1 Å². The largest absolute Gasteiger partial charge is 0.494 e. The number of nitrogens with one attached hydrogen (secondary N) is 2. The lowest BCUT2D eigenvalue weighted by molar-refractivity contribution is 0.0962. The first kappa shape index (κ1) is 25.7. The summed E-state index contributed by atoms with van der Waals surface area (Å²) in [7, 11) is 4.92. The third-order valence-electron chi connectivity index (χ3n) is 6.17. The zero-order valence-corrected chi connectivity index (χ0v) is 21.4. The first-order chi connectivity index (χ1) is 17.8. The first-order valence-electron chi connectivity index (χ1n) is 11.7. The highest BCUT2D eigenvalue weighted by atomic mass is 19.1. The molecule has 194 valence electrons. The van der Waals surface area contributed by atoms with Crippen LogP contribution < -0.4 is 25.0 Å². The number of carbonyl (C=O) groups is 1. The molecule has 0 spiro atoms. The van der Waals surface area contributed by atoms with Crippen molar-refractivity contribution in [2.24, 2.45) is 0 Å². The molecule has 0 aliphatic carbocycles. The number of hydrogen-bond donors (Lipinski definition) is 2. The number of anilines is 3. The van der Waals surface area contributed by atoms with Crippen LogP contribution in [0.3, 0.4) is 0 Å². The molecule has 0 radical (unpaired) electrons. The lowest BCUT2D eigenvalue weighted by Gasteiger charge is -2.37. The molecule has 37 heavy (non-hydrogen) atoms. The summed E-state index contributed by atoms with van der Waals surface area (Å²) in [5.74, 6) is 0.573. The Morgan fingerprint density at radius 1 is 1.19 bits per heavy atom. The Balaban J connectivity index is 1.38. The van der Waals surface area contributed by atoms with Gasteiger partial charge in [0.1, 0.15) is 12.4 Å². The fourth-order valence-corrected chi connectivity index (χ4v) is 3.84. The number of halogens is 1. The first-order valence-corrected chi connectivity index (χ1v) is 11.7. The average molecular weight is 508 g/mol. The van der Waals surface area contributed by atoms with Crippen LogP contribution in [0, 0.1) is 5.82 Å². The highest BCUT2D eigenvalue weighted by Gasteiger charge is 2.20. The van der Waals surface area contributed by atoms with E-state index in [1.54, 1.807) is 6.20 Å². The number of hydrogen-bond acceptors (Lipinski definition) is 9. The molecule has 1 aromatic carbocycles. The van der Waals surface area contributed by atoms with E-state index in [1.165, 1.54) is 44.4 Å². The fourth-order valence-electron chi connectivity index (χ4n) is 3.84. The van der Waals surface area contributed by atoms with Crippen LogP contribution in [0.2, 0.25) is 0 Å². The van der Waals surface area contributed by atoms with Crippen LogP contribution in [0.15, 0.2) is 54.8 Å². The van der Waals surface area contributed by atoms with Gasteiger partial charge in [-0.25, -0.2) is 19.3 Å². The smallest absolute Gasteiger partial charge is 0.251 e. The summed E-state index contributed by atoms with van der Waals surface area (Å²) >= 11 is 0. The van der Waals surface area contributed by atoms with Crippen molar-refractivity contribution in [3.05, 3.63) is 71.7 Å². The molecular weight excluding hydrogens is 477 g/mol. The maximum absolute atomic E-state index is 14.6. The molecule has 1 atom stereocenters. The van der Waals surface area contributed by atoms with Crippen LogP contribution in [0.4, 0.5) is 21.8 Å². The zero-order valence-electron chi connectivity index (χ0n) is 21.4. The molecule has 3 aromatic rings. The number of aromatic nitrogens is 3. The number of likely N-dealkylation sites (N-methyl/N-ethyl adjacent to an activating group) is 1. The summed E-state index contributed by atoms with van der Waals surface area (Å²) < 4.78 is 25.3. The highest BCUT2D eigenvalue weighted by Crippen LogP contribution is 2.25. The minimum Gasteiger partial charge on any atom is -0.494 e. The van der Waals surface area contributed by atoms with E-state index in [2.05, 4.69) is 62.5 Å². The molecule has 2 N–H and O–H groups in total. The van der Waals surface area contributed by atoms with E-state index < -0.39 is 5.82 Å². The summed E-state index contributed by atoms with van der Waals surface area (Å²) in [4.78, 5) is 29.4. The maximum atomic E-state index is 14.6. The Morgan fingerprint density at radius 3 is 2.57 bits per heavy atom. The molecular formula is C26H30FN7O3. The SMILES string of the molecule is CNC(=O)c1cc(COc2cnc(Nc3ccc(N4C=C(C)N(C)[C@@H](C)C4)nc3)nc2)c(F)c(OC)c1. The number of benzene rings is 1. The predicted molar refractivity (Wildman–Crippen MR) is 139 cm³/mol. The summed E-state index contributed by atoms with van der Waals surface area (Å²) in [6.07, 6.45) is 6.78. The van der Waals surface area contributed by atoms with E-state index in [9.17, 15) is 9.18 Å². The van der Waals surface area contributed by atoms with Gasteiger partial charge < -0.3 is 29.9 Å². The number of pyridine rings is 1. The van der Waals surface area contributed by atoms with Gasteiger partial charge in [0.2, 0.25) is 5.95 Å². The van der Waals surface area contributed by atoms with Crippen LogP contribution in [0.25, 0.3) is 0 Å². The molecule has 0 saturated heterocycles. The van der Waals surface area contributed by atoms with Crippen molar-refractivity contribution in [1.82, 2.24) is 25.2 Å². The van der Waals surface area contributed by atoms with Crippen molar-refractivity contribution in [3.8, 4) is 11.5 Å². The standard InChI is InChI=1S/C26H30FN7O3/c1-16-13-34(14-17(2)33(16)4)23-7-6-20(10-29-23)32-26-30-11-21(12-31-26)37-15-19-8-18(25(35)28-3)9-22(36-5)24(19)27/h6-13,17H,14-15H2,1-5H3,(H,28,35)(H,30,31,32)/t17-/m0/s1. The third kappa shape index (κ3) is 5.88. The van der Waals surface area contributed by atoms with Crippen molar-refractivity contribution >= 4 is 23.4 Å². The fraction of sp³-hybridized carbons (Fsp3) is 0.308. The lowest BCUT2D eigenvalue weighted by atomic mass is 10.1. The van der Waals surface area contributed by atoms with Gasteiger partial charge in [0, 0.05) is 49.7 Å². The normalized spacial score (nSPS) is 15.2. The molecule has 2 aromatic heterocycles. The van der Waals surface area contributed by atoms with Crippen molar-refractivity contribution < 1.29 is 18.7 Å². The van der Waals surface area contributed by atoms with Crippen molar-refractivity contribution in [2.75, 3.05) is 38.0 Å². The van der Waals surface area contributed by atoms with Gasteiger partial charge in [0.15, 0.2) is 17.3 Å². The van der Waals surface area contributed by atoms with Crippen LogP contribution in [-0.4, -0.2) is 59.6 Å². The van der Waals surface area contributed by atoms with E-state index in [4.69, 9.17) is 9.47 Å². The number of amides is 1. The summed E-state index contributed by atoms with van der Waals surface area (Å²) in [5.41, 5.74) is 2.36. The van der Waals surface area contributed by atoms with Crippen LogP contribution >= 0.6 is 0 Å². The average Bonchev–Trinajstić information content (AvgIpc) is 2.91. The maximum Gasteiger partial charge on any atom is 0.251 e. The van der Waals surface area contributed by atoms with Crippen LogP contribution in [0.1, 0.15) is 29.8 Å². The Kier molecular flexibility index (Phi) is 7.71. The van der Waals surface area contributed by atoms with Gasteiger partial charge in [-0.1, -0.05) is 0 Å². The second kappa shape index (κ2) is 11.1. The molecule has 1 aliphatic rings. The minimum absolute atomic E-state index is 0.0385. The summed E-state index contributed by atoms with van der Waals surface area (Å²) in [5, 5.41) is 5.61. The lowest BCUT2D eigenvalue weighted by Crippen LogP contribution is -2.42. The number of carbonyl (C=O) groups excluding carboxylic acids is 1. The monoisotopic (exact) mass is 507 g/mol. The van der Waals surface area contributed by atoms with Gasteiger partial charge in [0.05, 0.1) is 31.4 Å². The van der Waals surface area contributed by atoms with E-state index in [1.807, 2.05) is 12.1 Å². The van der Waals surface area contributed by atoms with Gasteiger partial charge in [-0.2, -0.15) is 0 Å². The Morgan fingerprint density at radius 2 is 1.95 bits per heavy atom. The van der Waals surface area contributed by atoms with Gasteiger partial charge in [0.25, 0.3) is 5.91 Å². The molecule has 10 nitrogen and oxygen atoms in total. The highest BCUT2D eigenvalue weighted by molar-refractivity contribution is 5.94. The number of methoxy groups -OCH3 is 1. The molecule has 1 amide bonds. The second-order valence-corrected chi connectivity index (χ2v) is 8.67. The second-order valence-electron chi connectivity index (χ2n) is 8.67. The van der Waals surface area contributed by atoms with Crippen molar-refractivity contribution in [2.45, 2.75) is 26.5 Å². The van der Waals surface area contributed by atoms with Crippen molar-refractivity contribution in [3.63, 3.8) is 0 Å². The number of rotatable bonds is 8. The molecule has 3 heterocycles. The number of ether oxygens (including phenoxy) is 2. The van der Waals surface area contributed by atoms with E-state index in [0.29, 0.717) is 17.7 Å². The molecule has 0 unspecified atom stereocenters. The zero-order chi connectivity index (χ0) is 26.5. The van der Waals surface area contributed by atoms with Gasteiger partial charge in [-0.15, -0.1) is 0 Å². The topological polar surface area (TPSA) is 105 Å². The van der Waals surface area contributed by atoms with E-state index >= 15 is 0 Å². The Labute approximate surface area is 215 Å². The molecule has 0 fully saturated rings. The van der Waals surface area contributed by atoms with Gasteiger partial charge in [-0.3, -0.25) is 4.79 Å². The quantitative estimate of drug-likeness (QED) is 0.472. The summed E-state index contributed by atoms with van der Waals surface area (Å²) in [6, 6.07) is 7.00. The molecule has 11 heteroatoms. The number of allylic oxidation sites excluding steroid dienone is 1. The molecule has 0 bridgehead atoms. The Bertz CT molecular complexity index is 1280. The van der Waals surface area contributed by atoms with Crippen LogP contribution in [0.5, 0.6) is 11.5 Å². The van der Waals surface area contributed by atoms with Crippen LogP contribution in [-0.2, 0) is 6.61 Å². The summed E-state index contributed by atoms with van der Waals surface area (Å²) in [6.45, 7) is 4.98. The van der Waals surface area contributed by atoms with E-state index in [-0.39, 0.29) is 29.4 Å².